The molecule has 1 aromatic carbocycles. The van der Waals surface area contributed by atoms with Crippen LogP contribution in [-0.2, 0) is 13.0 Å². The molecule has 0 saturated carbocycles. The number of amides is 1. The van der Waals surface area contributed by atoms with E-state index in [1.165, 1.54) is 5.56 Å². The molecule has 4 rings (SSSR count). The molecule has 0 unspecified atom stereocenters. The van der Waals surface area contributed by atoms with Gasteiger partial charge in [-0.05, 0) is 17.7 Å². The van der Waals surface area contributed by atoms with Crippen LogP contribution in [0.5, 0.6) is 0 Å². The fraction of sp³-hybridized carbons (Fsp3) is 0.300. The summed E-state index contributed by atoms with van der Waals surface area (Å²) in [5.41, 5.74) is 5.88. The Balaban J connectivity index is 1.75. The minimum Gasteiger partial charge on any atom is -0.350 e. The van der Waals surface area contributed by atoms with Crippen molar-refractivity contribution < 1.29 is 4.79 Å². The number of carbonyl (C=O) groups excluding carboxylic acids is 1. The normalized spacial score (nSPS) is 14.0. The van der Waals surface area contributed by atoms with Gasteiger partial charge in [0.05, 0.1) is 11.4 Å². The van der Waals surface area contributed by atoms with Crippen molar-refractivity contribution in [1.29, 1.82) is 0 Å². The van der Waals surface area contributed by atoms with Gasteiger partial charge in [0, 0.05) is 31.1 Å². The van der Waals surface area contributed by atoms with Crippen LogP contribution >= 0.6 is 0 Å². The maximum atomic E-state index is 12.2. The Labute approximate surface area is 147 Å². The lowest BCUT2D eigenvalue weighted by Crippen LogP contribution is -2.24. The molecule has 3 heterocycles. The van der Waals surface area contributed by atoms with Gasteiger partial charge in [0.15, 0.2) is 0 Å². The highest BCUT2D eigenvalue weighted by atomic mass is 16.1. The number of aromatic nitrogens is 2. The molecule has 5 nitrogen and oxygen atoms in total. The zero-order valence-corrected chi connectivity index (χ0v) is 14.5. The van der Waals surface area contributed by atoms with Crippen LogP contribution in [-0.4, -0.2) is 27.9 Å². The molecule has 0 fully saturated rings. The monoisotopic (exact) mass is 334 g/mol. The van der Waals surface area contributed by atoms with Crippen LogP contribution in [0.2, 0.25) is 0 Å². The minimum absolute atomic E-state index is 0.0385. The van der Waals surface area contributed by atoms with Gasteiger partial charge < -0.3 is 10.6 Å². The smallest absolute Gasteiger partial charge is 0.268 e. The summed E-state index contributed by atoms with van der Waals surface area (Å²) in [6, 6.07) is 14.7. The van der Waals surface area contributed by atoms with Crippen molar-refractivity contribution in [2.45, 2.75) is 32.9 Å². The molecule has 25 heavy (non-hydrogen) atoms. The molecule has 2 aromatic heterocycles. The predicted octanol–water partition coefficient (Wildman–Crippen LogP) is 2.79. The van der Waals surface area contributed by atoms with E-state index in [0.29, 0.717) is 18.3 Å². The highest BCUT2D eigenvalue weighted by Gasteiger charge is 2.21. The first-order valence-corrected chi connectivity index (χ1v) is 8.75. The average molecular weight is 334 g/mol. The number of benzene rings is 1. The molecule has 0 atom stereocenters. The van der Waals surface area contributed by atoms with E-state index < -0.39 is 0 Å². The fourth-order valence-corrected chi connectivity index (χ4v) is 3.28. The van der Waals surface area contributed by atoms with Crippen molar-refractivity contribution >= 4 is 11.6 Å². The van der Waals surface area contributed by atoms with Crippen LogP contribution < -0.4 is 10.6 Å². The standard InChI is InChI=1S/C20H22N4O/c1-13(2)22-12-14-6-8-15(9-7-14)19-16-10-11-21-20(25)17-4-3-5-18(23-19)24(16)17/h3-9,13,22H,10-12H2,1-2H3,(H,21,25). The second-order valence-electron chi connectivity index (χ2n) is 6.75. The van der Waals surface area contributed by atoms with E-state index in [-0.39, 0.29) is 5.91 Å². The summed E-state index contributed by atoms with van der Waals surface area (Å²) < 4.78 is 1.99. The van der Waals surface area contributed by atoms with Crippen LogP contribution in [0.1, 0.15) is 35.6 Å². The van der Waals surface area contributed by atoms with Crippen molar-refractivity contribution in [3.05, 3.63) is 59.4 Å². The van der Waals surface area contributed by atoms with Crippen LogP contribution in [0.25, 0.3) is 16.9 Å². The van der Waals surface area contributed by atoms with Crippen LogP contribution in [0.3, 0.4) is 0 Å². The van der Waals surface area contributed by atoms with Crippen molar-refractivity contribution in [3.8, 4) is 11.3 Å². The maximum absolute atomic E-state index is 12.2. The van der Waals surface area contributed by atoms with Gasteiger partial charge in [0.25, 0.3) is 5.91 Å². The Bertz CT molecular complexity index is 925. The van der Waals surface area contributed by atoms with E-state index in [1.807, 2.05) is 22.6 Å². The summed E-state index contributed by atoms with van der Waals surface area (Å²) >= 11 is 0. The lowest BCUT2D eigenvalue weighted by Gasteiger charge is -2.09. The number of nitrogens with one attached hydrogen (secondary N) is 2. The number of pyridine rings is 1. The predicted molar refractivity (Wildman–Crippen MR) is 98.6 cm³/mol. The van der Waals surface area contributed by atoms with Gasteiger partial charge in [-0.15, -0.1) is 0 Å². The van der Waals surface area contributed by atoms with Crippen molar-refractivity contribution in [1.82, 2.24) is 20.0 Å². The van der Waals surface area contributed by atoms with Gasteiger partial charge >= 0.3 is 0 Å². The molecule has 0 spiro atoms. The largest absolute Gasteiger partial charge is 0.350 e. The highest BCUT2D eigenvalue weighted by molar-refractivity contribution is 5.94. The SMILES string of the molecule is CC(C)NCc1ccc(-c2nc3cccc4n3c2CCNC4=O)cc1. The molecule has 0 radical (unpaired) electrons. The van der Waals surface area contributed by atoms with Gasteiger partial charge in [0.1, 0.15) is 11.3 Å². The summed E-state index contributed by atoms with van der Waals surface area (Å²) in [7, 11) is 0. The van der Waals surface area contributed by atoms with Crippen LogP contribution in [0.15, 0.2) is 42.5 Å². The number of hydrogen-bond donors (Lipinski definition) is 2. The molecule has 2 N–H and O–H groups in total. The van der Waals surface area contributed by atoms with Gasteiger partial charge in [-0.3, -0.25) is 9.20 Å². The third-order valence-corrected chi connectivity index (χ3v) is 4.56. The van der Waals surface area contributed by atoms with Gasteiger partial charge in [0.2, 0.25) is 0 Å². The summed E-state index contributed by atoms with van der Waals surface area (Å²) in [5.74, 6) is -0.0385. The molecule has 1 amide bonds. The van der Waals surface area contributed by atoms with E-state index in [9.17, 15) is 4.79 Å². The maximum Gasteiger partial charge on any atom is 0.268 e. The van der Waals surface area contributed by atoms with Gasteiger partial charge in [-0.2, -0.15) is 0 Å². The third-order valence-electron chi connectivity index (χ3n) is 4.56. The Morgan fingerprint density at radius 1 is 1.20 bits per heavy atom. The number of rotatable bonds is 4. The number of carbonyl (C=O) groups is 1. The lowest BCUT2D eigenvalue weighted by molar-refractivity contribution is 0.0951. The average Bonchev–Trinajstić information content (AvgIpc) is 2.89. The molecular weight excluding hydrogens is 312 g/mol. The quantitative estimate of drug-likeness (QED) is 0.771. The lowest BCUT2D eigenvalue weighted by atomic mass is 10.1. The topological polar surface area (TPSA) is 58.4 Å². The third kappa shape index (κ3) is 2.91. The summed E-state index contributed by atoms with van der Waals surface area (Å²) in [5, 5.41) is 6.39. The summed E-state index contributed by atoms with van der Waals surface area (Å²) in [6.07, 6.45) is 0.774. The minimum atomic E-state index is -0.0385. The fourth-order valence-electron chi connectivity index (χ4n) is 3.28. The summed E-state index contributed by atoms with van der Waals surface area (Å²) in [6.45, 7) is 5.78. The Hall–Kier alpha value is -2.66. The Morgan fingerprint density at radius 2 is 2.00 bits per heavy atom. The first-order chi connectivity index (χ1) is 12.1. The molecule has 128 valence electrons. The molecule has 5 heteroatoms. The first-order valence-electron chi connectivity index (χ1n) is 8.75. The van der Waals surface area contributed by atoms with Gasteiger partial charge in [-0.25, -0.2) is 4.98 Å². The number of nitrogens with zero attached hydrogens (tertiary/aromatic N) is 2. The molecule has 0 bridgehead atoms. The Morgan fingerprint density at radius 3 is 2.76 bits per heavy atom. The second-order valence-corrected chi connectivity index (χ2v) is 6.75. The van der Waals surface area contributed by atoms with E-state index in [0.717, 1.165) is 35.6 Å². The molecule has 1 aliphatic rings. The van der Waals surface area contributed by atoms with E-state index in [2.05, 4.69) is 48.7 Å². The van der Waals surface area contributed by atoms with Crippen molar-refractivity contribution in [3.63, 3.8) is 0 Å². The van der Waals surface area contributed by atoms with Crippen molar-refractivity contribution in [2.24, 2.45) is 0 Å². The first kappa shape index (κ1) is 15.8. The molecular formula is C20H22N4O. The molecule has 0 aliphatic carbocycles. The zero-order chi connectivity index (χ0) is 17.4. The van der Waals surface area contributed by atoms with Crippen LogP contribution in [0, 0.1) is 0 Å². The van der Waals surface area contributed by atoms with E-state index in [1.54, 1.807) is 0 Å². The molecule has 1 aliphatic heterocycles. The number of hydrogen-bond acceptors (Lipinski definition) is 3. The van der Waals surface area contributed by atoms with E-state index in [4.69, 9.17) is 4.98 Å². The molecule has 0 saturated heterocycles. The van der Waals surface area contributed by atoms with Crippen LogP contribution in [0.4, 0.5) is 0 Å². The Kier molecular flexibility index (Phi) is 4.01. The summed E-state index contributed by atoms with van der Waals surface area (Å²) in [4.78, 5) is 17.0. The highest BCUT2D eigenvalue weighted by Crippen LogP contribution is 2.27. The van der Waals surface area contributed by atoms with E-state index >= 15 is 0 Å². The second kappa shape index (κ2) is 6.33. The number of imidazole rings is 1. The van der Waals surface area contributed by atoms with Gasteiger partial charge in [-0.1, -0.05) is 44.2 Å². The zero-order valence-electron chi connectivity index (χ0n) is 14.5. The molecule has 3 aromatic rings. The van der Waals surface area contributed by atoms with Crippen molar-refractivity contribution in [2.75, 3.05) is 6.54 Å².